The fourth-order valence-corrected chi connectivity index (χ4v) is 3.21. The van der Waals surface area contributed by atoms with Crippen LogP contribution in [0.3, 0.4) is 0 Å². The second-order valence-corrected chi connectivity index (χ2v) is 7.18. The highest BCUT2D eigenvalue weighted by Crippen LogP contribution is 2.16. The molecule has 1 aliphatic heterocycles. The Kier molecular flexibility index (Phi) is 6.61. The Hall–Kier alpha value is -3.20. The van der Waals surface area contributed by atoms with Gasteiger partial charge in [-0.2, -0.15) is 0 Å². The normalized spacial score (nSPS) is 17.7. The first-order valence-corrected chi connectivity index (χ1v) is 9.48. The highest BCUT2D eigenvalue weighted by molar-refractivity contribution is 5.97. The second-order valence-electron chi connectivity index (χ2n) is 7.18. The number of carbonyl (C=O) groups is 3. The number of ether oxygens (including phenoxy) is 1. The topological polar surface area (TPSA) is 120 Å². The van der Waals surface area contributed by atoms with Crippen molar-refractivity contribution in [2.45, 2.75) is 44.4 Å². The van der Waals surface area contributed by atoms with Gasteiger partial charge in [-0.15, -0.1) is 0 Å². The van der Waals surface area contributed by atoms with Crippen LogP contribution in [0.5, 0.6) is 0 Å². The second kappa shape index (κ2) is 9.33. The van der Waals surface area contributed by atoms with Gasteiger partial charge in [-0.1, -0.05) is 30.3 Å². The van der Waals surface area contributed by atoms with E-state index in [9.17, 15) is 14.4 Å². The van der Waals surface area contributed by atoms with Gasteiger partial charge in [0.25, 0.3) is 0 Å². The van der Waals surface area contributed by atoms with Gasteiger partial charge < -0.3 is 15.4 Å². The Morgan fingerprint density at radius 2 is 2.10 bits per heavy atom. The summed E-state index contributed by atoms with van der Waals surface area (Å²) < 4.78 is 6.56. The van der Waals surface area contributed by atoms with Crippen LogP contribution < -0.4 is 11.1 Å². The van der Waals surface area contributed by atoms with E-state index >= 15 is 0 Å². The smallest absolute Gasteiger partial charge is 0.419 e. The summed E-state index contributed by atoms with van der Waals surface area (Å²) in [5.74, 6) is -0.264. The van der Waals surface area contributed by atoms with Crippen LogP contribution in [0.1, 0.15) is 30.5 Å². The van der Waals surface area contributed by atoms with Crippen molar-refractivity contribution in [1.29, 1.82) is 0 Å². The van der Waals surface area contributed by atoms with E-state index in [0.29, 0.717) is 25.0 Å². The molecule has 9 nitrogen and oxygen atoms in total. The number of amides is 3. The molecule has 1 aromatic carbocycles. The molecule has 1 aliphatic rings. The van der Waals surface area contributed by atoms with Crippen LogP contribution in [-0.4, -0.2) is 51.6 Å². The molecule has 3 N–H and O–H groups in total. The van der Waals surface area contributed by atoms with Crippen molar-refractivity contribution in [3.8, 4) is 0 Å². The zero-order valence-corrected chi connectivity index (χ0v) is 16.3. The van der Waals surface area contributed by atoms with Gasteiger partial charge in [0.15, 0.2) is 0 Å². The molecule has 2 aromatic rings. The molecule has 2 heterocycles. The van der Waals surface area contributed by atoms with E-state index in [1.165, 1.54) is 15.8 Å². The van der Waals surface area contributed by atoms with Crippen molar-refractivity contribution in [3.63, 3.8) is 0 Å². The largest absolute Gasteiger partial charge is 0.444 e. The molecule has 0 bridgehead atoms. The number of imidazole rings is 1. The van der Waals surface area contributed by atoms with Crippen molar-refractivity contribution in [1.82, 2.24) is 19.8 Å². The maximum Gasteiger partial charge on any atom is 0.419 e. The molecule has 0 aliphatic carbocycles. The van der Waals surface area contributed by atoms with E-state index in [-0.39, 0.29) is 37.0 Å². The Bertz CT molecular complexity index is 867. The number of rotatable bonds is 7. The zero-order chi connectivity index (χ0) is 20.8. The number of carbonyl (C=O) groups excluding carboxylic acids is 3. The molecule has 154 valence electrons. The summed E-state index contributed by atoms with van der Waals surface area (Å²) in [7, 11) is 1.67. The first-order valence-electron chi connectivity index (χ1n) is 9.48. The minimum atomic E-state index is -0.505. The number of nitrogens with two attached hydrogens (primary N) is 1. The fourth-order valence-electron chi connectivity index (χ4n) is 3.21. The third-order valence-electron chi connectivity index (χ3n) is 4.93. The maximum absolute atomic E-state index is 12.1. The van der Waals surface area contributed by atoms with Gasteiger partial charge in [-0.05, 0) is 18.4 Å². The Morgan fingerprint density at radius 1 is 1.34 bits per heavy atom. The van der Waals surface area contributed by atoms with Crippen molar-refractivity contribution in [2.75, 3.05) is 7.05 Å². The molecule has 0 saturated carbocycles. The molecule has 3 amide bonds. The summed E-state index contributed by atoms with van der Waals surface area (Å²) in [6.45, 7) is 0.188. The third-order valence-corrected chi connectivity index (χ3v) is 4.93. The van der Waals surface area contributed by atoms with Gasteiger partial charge in [0.05, 0.1) is 5.69 Å². The molecule has 1 aromatic heterocycles. The van der Waals surface area contributed by atoms with Crippen molar-refractivity contribution >= 4 is 18.0 Å². The summed E-state index contributed by atoms with van der Waals surface area (Å²) >= 11 is 0. The Balaban J connectivity index is 1.46. The van der Waals surface area contributed by atoms with Crippen LogP contribution in [0.4, 0.5) is 9.59 Å². The van der Waals surface area contributed by atoms with Crippen molar-refractivity contribution in [3.05, 3.63) is 54.1 Å². The molecule has 2 atom stereocenters. The van der Waals surface area contributed by atoms with Gasteiger partial charge in [0.1, 0.15) is 12.9 Å². The molecular weight excluding hydrogens is 374 g/mol. The van der Waals surface area contributed by atoms with Gasteiger partial charge in [0.2, 0.25) is 5.91 Å². The highest BCUT2D eigenvalue weighted by atomic mass is 16.5. The van der Waals surface area contributed by atoms with Crippen LogP contribution in [0.25, 0.3) is 0 Å². The number of nitrogens with one attached hydrogen (secondary N) is 1. The minimum absolute atomic E-state index is 0.159. The molecule has 29 heavy (non-hydrogen) atoms. The van der Waals surface area contributed by atoms with Crippen LogP contribution in [0.15, 0.2) is 42.9 Å². The van der Waals surface area contributed by atoms with Crippen LogP contribution in [0.2, 0.25) is 0 Å². The molecule has 1 unspecified atom stereocenters. The quantitative estimate of drug-likeness (QED) is 0.731. The number of urea groups is 1. The molecular formula is C20H25N5O4. The number of hydrogen-bond acceptors (Lipinski definition) is 6. The molecule has 1 saturated heterocycles. The van der Waals surface area contributed by atoms with Gasteiger partial charge in [0, 0.05) is 38.2 Å². The minimum Gasteiger partial charge on any atom is -0.444 e. The van der Waals surface area contributed by atoms with E-state index in [1.807, 2.05) is 30.3 Å². The molecule has 1 fully saturated rings. The predicted octanol–water partition coefficient (Wildman–Crippen LogP) is 1.66. The molecule has 0 spiro atoms. The van der Waals surface area contributed by atoms with Crippen molar-refractivity contribution in [2.24, 2.45) is 5.73 Å². The molecule has 9 heteroatoms. The zero-order valence-electron chi connectivity index (χ0n) is 16.3. The van der Waals surface area contributed by atoms with Crippen molar-refractivity contribution < 1.29 is 19.1 Å². The monoisotopic (exact) mass is 399 g/mol. The Morgan fingerprint density at radius 3 is 2.86 bits per heavy atom. The Labute approximate surface area is 168 Å². The average molecular weight is 399 g/mol. The number of benzene rings is 1. The highest BCUT2D eigenvalue weighted by Gasteiger charge is 2.29. The van der Waals surface area contributed by atoms with E-state index in [0.717, 1.165) is 5.56 Å². The summed E-state index contributed by atoms with van der Waals surface area (Å²) in [5, 5.41) is 2.28. The molecule has 3 rings (SSSR count). The fraction of sp³-hybridized carbons (Fsp3) is 0.400. The summed E-state index contributed by atoms with van der Waals surface area (Å²) in [6, 6.07) is 8.68. The lowest BCUT2D eigenvalue weighted by Gasteiger charge is -2.32. The van der Waals surface area contributed by atoms with Crippen LogP contribution >= 0.6 is 0 Å². The molecule has 0 radical (unpaired) electrons. The summed E-state index contributed by atoms with van der Waals surface area (Å²) in [5.41, 5.74) is 7.77. The van der Waals surface area contributed by atoms with E-state index in [1.54, 1.807) is 13.2 Å². The van der Waals surface area contributed by atoms with Crippen LogP contribution in [0, 0.1) is 0 Å². The number of hydrogen-bond donors (Lipinski definition) is 2. The first kappa shape index (κ1) is 20.5. The van der Waals surface area contributed by atoms with Gasteiger partial charge >= 0.3 is 12.1 Å². The van der Waals surface area contributed by atoms with E-state index in [2.05, 4.69) is 10.3 Å². The van der Waals surface area contributed by atoms with E-state index < -0.39 is 6.09 Å². The third kappa shape index (κ3) is 5.64. The van der Waals surface area contributed by atoms with Crippen LogP contribution in [-0.2, 0) is 22.6 Å². The van der Waals surface area contributed by atoms with Gasteiger partial charge in [-0.3, -0.25) is 10.1 Å². The SMILES string of the molecule is CN1C(=O)NC(=O)CC1CC[C@@H](N)Cc1cn(C(=O)OCc2ccccc2)cn1. The predicted molar refractivity (Wildman–Crippen MR) is 105 cm³/mol. The lowest BCUT2D eigenvalue weighted by molar-refractivity contribution is -0.122. The first-order chi connectivity index (χ1) is 13.9. The summed E-state index contributed by atoms with van der Waals surface area (Å²) in [6.07, 6.45) is 4.52. The number of imide groups is 1. The number of aromatic nitrogens is 2. The maximum atomic E-state index is 12.1. The lowest BCUT2D eigenvalue weighted by Crippen LogP contribution is -2.53. The van der Waals surface area contributed by atoms with E-state index in [4.69, 9.17) is 10.5 Å². The summed E-state index contributed by atoms with van der Waals surface area (Å²) in [4.78, 5) is 41.1. The number of nitrogens with zero attached hydrogens (tertiary/aromatic N) is 3. The standard InChI is InChI=1S/C20H25N5O4/c1-24-17(10-18(26)23-19(24)27)8-7-15(21)9-16-11-25(13-22-16)20(28)29-12-14-5-3-2-4-6-14/h2-6,11,13,15,17H,7-10,12,21H2,1H3,(H,23,26,27)/t15-,17?/m1/s1. The lowest BCUT2D eigenvalue weighted by atomic mass is 9.99. The van der Waals surface area contributed by atoms with Gasteiger partial charge in [-0.25, -0.2) is 19.1 Å². The average Bonchev–Trinajstić information content (AvgIpc) is 3.17.